The highest BCUT2D eigenvalue weighted by Crippen LogP contribution is 2.29. The largest absolute Gasteiger partial charge is 0.381 e. The first-order valence-corrected chi connectivity index (χ1v) is 6.95. The number of carbonyl (C=O) groups is 1. The summed E-state index contributed by atoms with van der Waals surface area (Å²) in [6.07, 6.45) is 5.43. The van der Waals surface area contributed by atoms with E-state index in [4.69, 9.17) is 4.74 Å². The molecule has 0 aliphatic carbocycles. The Bertz CT molecular complexity index is 289. The van der Waals surface area contributed by atoms with Crippen LogP contribution in [0.1, 0.15) is 32.1 Å². The van der Waals surface area contributed by atoms with Gasteiger partial charge in [0.25, 0.3) is 0 Å². The molecule has 4 heteroatoms. The highest BCUT2D eigenvalue weighted by molar-refractivity contribution is 5.80. The lowest BCUT2D eigenvalue weighted by molar-refractivity contribution is -0.127. The zero-order valence-electron chi connectivity index (χ0n) is 10.4. The van der Waals surface area contributed by atoms with E-state index in [1.807, 2.05) is 0 Å². The molecule has 0 radical (unpaired) electrons. The first-order valence-electron chi connectivity index (χ1n) is 6.95. The summed E-state index contributed by atoms with van der Waals surface area (Å²) < 4.78 is 5.37. The average molecular weight is 238 g/mol. The lowest BCUT2D eigenvalue weighted by atomic mass is 9.99. The first-order chi connectivity index (χ1) is 8.34. The lowest BCUT2D eigenvalue weighted by Crippen LogP contribution is -2.42. The molecule has 0 aromatic heterocycles. The molecule has 2 unspecified atom stereocenters. The van der Waals surface area contributed by atoms with Crippen molar-refractivity contribution in [3.05, 3.63) is 0 Å². The summed E-state index contributed by atoms with van der Waals surface area (Å²) in [7, 11) is 0. The van der Waals surface area contributed by atoms with Crippen LogP contribution in [0.25, 0.3) is 0 Å². The molecule has 3 heterocycles. The van der Waals surface area contributed by atoms with Gasteiger partial charge in [-0.1, -0.05) is 0 Å². The number of fused-ring (bicyclic) bond motifs is 1. The van der Waals surface area contributed by atoms with Crippen LogP contribution in [-0.2, 0) is 9.53 Å². The van der Waals surface area contributed by atoms with Gasteiger partial charge in [-0.25, -0.2) is 0 Å². The van der Waals surface area contributed by atoms with E-state index in [2.05, 4.69) is 10.2 Å². The second-order valence-electron chi connectivity index (χ2n) is 5.57. The van der Waals surface area contributed by atoms with Gasteiger partial charge in [0, 0.05) is 38.3 Å². The van der Waals surface area contributed by atoms with Crippen LogP contribution in [0, 0.1) is 5.92 Å². The highest BCUT2D eigenvalue weighted by Gasteiger charge is 2.42. The fourth-order valence-corrected chi connectivity index (χ4v) is 3.44. The topological polar surface area (TPSA) is 41.6 Å². The van der Waals surface area contributed by atoms with Crippen LogP contribution in [0.4, 0.5) is 0 Å². The maximum Gasteiger partial charge on any atom is 0.224 e. The lowest BCUT2D eigenvalue weighted by Gasteiger charge is -2.26. The molecule has 0 bridgehead atoms. The Morgan fingerprint density at radius 2 is 2.12 bits per heavy atom. The Hall–Kier alpha value is -0.610. The van der Waals surface area contributed by atoms with Gasteiger partial charge in [-0.15, -0.1) is 0 Å². The molecule has 2 atom stereocenters. The summed E-state index contributed by atoms with van der Waals surface area (Å²) in [5.74, 6) is 1.10. The molecule has 1 amide bonds. The average Bonchev–Trinajstić information content (AvgIpc) is 2.93. The van der Waals surface area contributed by atoms with Gasteiger partial charge >= 0.3 is 0 Å². The summed E-state index contributed by atoms with van der Waals surface area (Å²) in [5, 5.41) is 3.64. The number of hydrogen-bond acceptors (Lipinski definition) is 3. The zero-order valence-corrected chi connectivity index (χ0v) is 10.4. The molecule has 0 spiro atoms. The van der Waals surface area contributed by atoms with Crippen molar-refractivity contribution in [2.24, 2.45) is 5.92 Å². The molecule has 3 aliphatic heterocycles. The molecule has 0 aromatic rings. The molecular formula is C13H22N2O2. The van der Waals surface area contributed by atoms with E-state index in [9.17, 15) is 4.79 Å². The molecule has 0 saturated carbocycles. The van der Waals surface area contributed by atoms with Crippen LogP contribution < -0.4 is 5.32 Å². The summed E-state index contributed by atoms with van der Waals surface area (Å²) in [5.41, 5.74) is 0. The maximum atomic E-state index is 11.8. The van der Waals surface area contributed by atoms with Crippen LogP contribution >= 0.6 is 0 Å². The van der Waals surface area contributed by atoms with Gasteiger partial charge in [-0.3, -0.25) is 4.79 Å². The molecular weight excluding hydrogens is 216 g/mol. The van der Waals surface area contributed by atoms with Crippen molar-refractivity contribution in [2.45, 2.75) is 44.2 Å². The molecule has 3 rings (SSSR count). The van der Waals surface area contributed by atoms with Gasteiger partial charge in [-0.2, -0.15) is 0 Å². The number of amides is 1. The number of rotatable bonds is 3. The maximum absolute atomic E-state index is 11.8. The second-order valence-corrected chi connectivity index (χ2v) is 5.57. The van der Waals surface area contributed by atoms with Crippen molar-refractivity contribution >= 4 is 5.91 Å². The van der Waals surface area contributed by atoms with Crippen molar-refractivity contribution in [1.82, 2.24) is 10.2 Å². The van der Waals surface area contributed by atoms with Crippen LogP contribution in [-0.4, -0.2) is 49.2 Å². The minimum absolute atomic E-state index is 0.358. The molecule has 3 fully saturated rings. The van der Waals surface area contributed by atoms with E-state index in [1.54, 1.807) is 0 Å². The number of carbonyl (C=O) groups excluding carboxylic acids is 1. The molecule has 96 valence electrons. The highest BCUT2D eigenvalue weighted by atomic mass is 16.5. The Morgan fingerprint density at radius 1 is 1.29 bits per heavy atom. The molecule has 3 aliphatic rings. The van der Waals surface area contributed by atoms with E-state index < -0.39 is 0 Å². The summed E-state index contributed by atoms with van der Waals surface area (Å²) >= 11 is 0. The standard InChI is InChI=1S/C13H22N2O2/c16-13-8-11(12-2-1-5-15(12)13)14-9-10-3-6-17-7-4-10/h10-12,14H,1-9H2. The van der Waals surface area contributed by atoms with E-state index in [-0.39, 0.29) is 0 Å². The number of ether oxygens (including phenoxy) is 1. The van der Waals surface area contributed by atoms with E-state index in [1.165, 1.54) is 25.7 Å². The molecule has 0 aromatic carbocycles. The number of nitrogens with one attached hydrogen (secondary N) is 1. The van der Waals surface area contributed by atoms with Gasteiger partial charge in [-0.05, 0) is 38.1 Å². The van der Waals surface area contributed by atoms with Crippen molar-refractivity contribution in [3.63, 3.8) is 0 Å². The van der Waals surface area contributed by atoms with Gasteiger partial charge < -0.3 is 15.0 Å². The third-order valence-corrected chi connectivity index (χ3v) is 4.49. The molecule has 4 nitrogen and oxygen atoms in total. The van der Waals surface area contributed by atoms with Crippen molar-refractivity contribution in [1.29, 1.82) is 0 Å². The number of hydrogen-bond donors (Lipinski definition) is 1. The molecule has 17 heavy (non-hydrogen) atoms. The van der Waals surface area contributed by atoms with Crippen LogP contribution in [0.5, 0.6) is 0 Å². The van der Waals surface area contributed by atoms with Gasteiger partial charge in [0.05, 0.1) is 0 Å². The Balaban J connectivity index is 1.50. The quantitative estimate of drug-likeness (QED) is 0.789. The minimum atomic E-state index is 0.358. The second kappa shape index (κ2) is 4.94. The Labute approximate surface area is 103 Å². The third kappa shape index (κ3) is 2.33. The fraction of sp³-hybridized carbons (Fsp3) is 0.923. The SMILES string of the molecule is O=C1CC(NCC2CCOCC2)C2CCCN12. The Morgan fingerprint density at radius 3 is 2.94 bits per heavy atom. The summed E-state index contributed by atoms with van der Waals surface area (Å²) in [6.45, 7) is 3.86. The van der Waals surface area contributed by atoms with Crippen molar-refractivity contribution in [3.8, 4) is 0 Å². The van der Waals surface area contributed by atoms with Crippen LogP contribution in [0.3, 0.4) is 0 Å². The monoisotopic (exact) mass is 238 g/mol. The smallest absolute Gasteiger partial charge is 0.224 e. The van der Waals surface area contributed by atoms with Crippen molar-refractivity contribution < 1.29 is 9.53 Å². The third-order valence-electron chi connectivity index (χ3n) is 4.49. The van der Waals surface area contributed by atoms with E-state index in [0.29, 0.717) is 24.4 Å². The normalized spacial score (nSPS) is 34.4. The first kappa shape index (κ1) is 11.5. The summed E-state index contributed by atoms with van der Waals surface area (Å²) in [6, 6.07) is 0.898. The molecule has 3 saturated heterocycles. The molecule has 1 N–H and O–H groups in total. The van der Waals surface area contributed by atoms with E-state index >= 15 is 0 Å². The van der Waals surface area contributed by atoms with Crippen LogP contribution in [0.2, 0.25) is 0 Å². The predicted octanol–water partition coefficient (Wildman–Crippen LogP) is 0.766. The Kier molecular flexibility index (Phi) is 3.34. The zero-order chi connectivity index (χ0) is 11.7. The van der Waals surface area contributed by atoms with E-state index in [0.717, 1.165) is 32.2 Å². The fourth-order valence-electron chi connectivity index (χ4n) is 3.44. The minimum Gasteiger partial charge on any atom is -0.381 e. The van der Waals surface area contributed by atoms with Gasteiger partial charge in [0.2, 0.25) is 5.91 Å². The van der Waals surface area contributed by atoms with Gasteiger partial charge in [0.15, 0.2) is 0 Å². The predicted molar refractivity (Wildman–Crippen MR) is 64.7 cm³/mol. The van der Waals surface area contributed by atoms with Crippen LogP contribution in [0.15, 0.2) is 0 Å². The van der Waals surface area contributed by atoms with Crippen molar-refractivity contribution in [2.75, 3.05) is 26.3 Å². The summed E-state index contributed by atoms with van der Waals surface area (Å²) in [4.78, 5) is 13.9. The van der Waals surface area contributed by atoms with Gasteiger partial charge in [0.1, 0.15) is 0 Å². The number of nitrogens with zero attached hydrogens (tertiary/aromatic N) is 1.